The fourth-order valence-electron chi connectivity index (χ4n) is 1.88. The van der Waals surface area contributed by atoms with E-state index in [0.717, 1.165) is 12.1 Å². The highest BCUT2D eigenvalue weighted by molar-refractivity contribution is 5.73. The van der Waals surface area contributed by atoms with Gasteiger partial charge >= 0.3 is 12.2 Å². The molecule has 0 bridgehead atoms. The molecule has 126 valence electrons. The fourth-order valence-corrected chi connectivity index (χ4v) is 1.88. The predicted octanol–water partition coefficient (Wildman–Crippen LogP) is 1.58. The van der Waals surface area contributed by atoms with Gasteiger partial charge in [-0.1, -0.05) is 0 Å². The number of urea groups is 1. The predicted molar refractivity (Wildman–Crippen MR) is 74.7 cm³/mol. The lowest BCUT2D eigenvalue weighted by Gasteiger charge is -2.08. The third-order valence-electron chi connectivity index (χ3n) is 3.03. The number of nitrogens with zero attached hydrogens (tertiary/aromatic N) is 3. The van der Waals surface area contributed by atoms with Crippen molar-refractivity contribution in [3.05, 3.63) is 29.7 Å². The van der Waals surface area contributed by atoms with Crippen LogP contribution in [0, 0.1) is 0 Å². The van der Waals surface area contributed by atoms with Gasteiger partial charge in [0.25, 0.3) is 0 Å². The summed E-state index contributed by atoms with van der Waals surface area (Å²) in [6.45, 7) is 1.04. The van der Waals surface area contributed by atoms with E-state index in [4.69, 9.17) is 4.74 Å². The summed E-state index contributed by atoms with van der Waals surface area (Å²) < 4.78 is 44.1. The molecule has 0 radical (unpaired) electrons. The van der Waals surface area contributed by atoms with Crippen LogP contribution in [0.25, 0.3) is 5.65 Å². The van der Waals surface area contributed by atoms with Crippen molar-refractivity contribution in [1.29, 1.82) is 0 Å². The second-order valence-electron chi connectivity index (χ2n) is 4.71. The lowest BCUT2D eigenvalue weighted by atomic mass is 10.2. The number of nitrogens with one attached hydrogen (secondary N) is 2. The molecule has 0 aliphatic heterocycles. The Hall–Kier alpha value is -2.36. The van der Waals surface area contributed by atoms with Crippen LogP contribution in [0.2, 0.25) is 0 Å². The second-order valence-corrected chi connectivity index (χ2v) is 4.71. The van der Waals surface area contributed by atoms with Gasteiger partial charge in [-0.2, -0.15) is 13.2 Å². The quantitative estimate of drug-likeness (QED) is 0.788. The molecule has 0 aliphatic rings. The van der Waals surface area contributed by atoms with Gasteiger partial charge in [0.05, 0.1) is 12.1 Å². The number of alkyl halides is 3. The molecular formula is C13H16F3N5O2. The highest BCUT2D eigenvalue weighted by Crippen LogP contribution is 2.29. The number of rotatable bonds is 6. The molecule has 0 aliphatic carbocycles. The summed E-state index contributed by atoms with van der Waals surface area (Å²) in [6, 6.07) is 1.44. The molecule has 0 saturated carbocycles. The van der Waals surface area contributed by atoms with Crippen LogP contribution in [0.3, 0.4) is 0 Å². The molecule has 2 heterocycles. The van der Waals surface area contributed by atoms with E-state index in [1.165, 1.54) is 10.6 Å². The van der Waals surface area contributed by atoms with Gasteiger partial charge in [-0.05, 0) is 18.6 Å². The van der Waals surface area contributed by atoms with E-state index in [0.29, 0.717) is 25.4 Å². The molecule has 2 rings (SSSR count). The average Bonchev–Trinajstić information content (AvgIpc) is 2.91. The van der Waals surface area contributed by atoms with Gasteiger partial charge in [0.1, 0.15) is 0 Å². The summed E-state index contributed by atoms with van der Waals surface area (Å²) in [5, 5.41) is 12.6. The highest BCUT2D eigenvalue weighted by atomic mass is 19.4. The van der Waals surface area contributed by atoms with Gasteiger partial charge in [-0.15, -0.1) is 10.2 Å². The first-order valence-electron chi connectivity index (χ1n) is 6.83. The summed E-state index contributed by atoms with van der Waals surface area (Å²) in [5.74, 6) is 0.334. The van der Waals surface area contributed by atoms with Crippen LogP contribution in [0.1, 0.15) is 17.8 Å². The Morgan fingerprint density at radius 3 is 2.83 bits per heavy atom. The lowest BCUT2D eigenvalue weighted by molar-refractivity contribution is -0.137. The number of halogens is 3. The molecule has 0 spiro atoms. The number of pyridine rings is 1. The van der Waals surface area contributed by atoms with E-state index in [-0.39, 0.29) is 12.2 Å². The third kappa shape index (κ3) is 4.55. The van der Waals surface area contributed by atoms with Crippen molar-refractivity contribution in [1.82, 2.24) is 25.2 Å². The van der Waals surface area contributed by atoms with Gasteiger partial charge in [0.15, 0.2) is 11.5 Å². The minimum absolute atomic E-state index is 0.0443. The van der Waals surface area contributed by atoms with E-state index in [1.54, 1.807) is 7.11 Å². The number of hydrogen-bond acceptors (Lipinski definition) is 4. The van der Waals surface area contributed by atoms with E-state index < -0.39 is 17.8 Å². The van der Waals surface area contributed by atoms with Crippen molar-refractivity contribution in [3.8, 4) is 0 Å². The number of carbonyl (C=O) groups excluding carboxylic acids is 1. The lowest BCUT2D eigenvalue weighted by Crippen LogP contribution is -2.36. The van der Waals surface area contributed by atoms with Crippen molar-refractivity contribution in [2.75, 3.05) is 20.3 Å². The number of amides is 2. The normalized spacial score (nSPS) is 11.7. The summed E-state index contributed by atoms with van der Waals surface area (Å²) in [6.07, 6.45) is -2.53. The number of fused-ring (bicyclic) bond motifs is 1. The molecule has 10 heteroatoms. The summed E-state index contributed by atoms with van der Waals surface area (Å²) in [7, 11) is 1.57. The maximum absolute atomic E-state index is 12.6. The molecule has 0 aromatic carbocycles. The molecule has 2 aromatic rings. The van der Waals surface area contributed by atoms with Crippen molar-refractivity contribution < 1.29 is 22.7 Å². The monoisotopic (exact) mass is 331 g/mol. The first-order chi connectivity index (χ1) is 10.9. The molecule has 23 heavy (non-hydrogen) atoms. The summed E-state index contributed by atoms with van der Waals surface area (Å²) in [4.78, 5) is 11.6. The smallest absolute Gasteiger partial charge is 0.385 e. The second kappa shape index (κ2) is 7.27. The Balaban J connectivity index is 1.95. The first kappa shape index (κ1) is 17.0. The Kier molecular flexibility index (Phi) is 5.37. The fraction of sp³-hybridized carbons (Fsp3) is 0.462. The van der Waals surface area contributed by atoms with Gasteiger partial charge in [-0.3, -0.25) is 4.40 Å². The zero-order valence-electron chi connectivity index (χ0n) is 12.4. The van der Waals surface area contributed by atoms with Crippen LogP contribution in [0.15, 0.2) is 18.3 Å². The van der Waals surface area contributed by atoms with Gasteiger partial charge in [0, 0.05) is 26.5 Å². The Morgan fingerprint density at radius 2 is 2.13 bits per heavy atom. The van der Waals surface area contributed by atoms with Crippen molar-refractivity contribution in [3.63, 3.8) is 0 Å². The molecule has 2 N–H and O–H groups in total. The van der Waals surface area contributed by atoms with Crippen LogP contribution in [0.5, 0.6) is 0 Å². The summed E-state index contributed by atoms with van der Waals surface area (Å²) >= 11 is 0. The highest BCUT2D eigenvalue weighted by Gasteiger charge is 2.31. The first-order valence-corrected chi connectivity index (χ1v) is 6.83. The maximum Gasteiger partial charge on any atom is 0.416 e. The largest absolute Gasteiger partial charge is 0.416 e. The Morgan fingerprint density at radius 1 is 1.35 bits per heavy atom. The molecular weight excluding hydrogens is 315 g/mol. The van der Waals surface area contributed by atoms with Crippen molar-refractivity contribution in [2.45, 2.75) is 19.1 Å². The number of hydrogen-bond donors (Lipinski definition) is 2. The van der Waals surface area contributed by atoms with E-state index >= 15 is 0 Å². The van der Waals surface area contributed by atoms with Crippen LogP contribution in [-0.4, -0.2) is 40.9 Å². The Bertz CT molecular complexity index is 671. The number of ether oxygens (including phenoxy) is 1. The SMILES string of the molecule is COCCCNC(=O)NCc1nnc2cc(C(F)(F)F)ccn12. The van der Waals surface area contributed by atoms with Crippen LogP contribution in [-0.2, 0) is 17.5 Å². The molecule has 0 unspecified atom stereocenters. The molecule has 2 aromatic heterocycles. The van der Waals surface area contributed by atoms with Gasteiger partial charge in [0.2, 0.25) is 0 Å². The third-order valence-corrected chi connectivity index (χ3v) is 3.03. The van der Waals surface area contributed by atoms with Crippen molar-refractivity contribution in [2.24, 2.45) is 0 Å². The van der Waals surface area contributed by atoms with Gasteiger partial charge in [-0.25, -0.2) is 4.79 Å². The van der Waals surface area contributed by atoms with Crippen molar-refractivity contribution >= 4 is 11.7 Å². The maximum atomic E-state index is 12.6. The summed E-state index contributed by atoms with van der Waals surface area (Å²) in [5.41, 5.74) is -0.732. The van der Waals surface area contributed by atoms with Gasteiger partial charge < -0.3 is 15.4 Å². The average molecular weight is 331 g/mol. The molecule has 0 fully saturated rings. The molecule has 0 saturated heterocycles. The topological polar surface area (TPSA) is 80.5 Å². The number of carbonyl (C=O) groups is 1. The van der Waals surface area contributed by atoms with E-state index in [1.807, 2.05) is 0 Å². The van der Waals surface area contributed by atoms with Crippen LogP contribution in [0.4, 0.5) is 18.0 Å². The van der Waals surface area contributed by atoms with Crippen LogP contribution < -0.4 is 10.6 Å². The molecule has 0 atom stereocenters. The minimum Gasteiger partial charge on any atom is -0.385 e. The minimum atomic E-state index is -4.44. The molecule has 2 amide bonds. The molecule has 7 nitrogen and oxygen atoms in total. The van der Waals surface area contributed by atoms with E-state index in [9.17, 15) is 18.0 Å². The Labute approximate surface area is 129 Å². The van der Waals surface area contributed by atoms with Crippen LogP contribution >= 0.6 is 0 Å². The van der Waals surface area contributed by atoms with E-state index in [2.05, 4.69) is 20.8 Å². The zero-order valence-corrected chi connectivity index (χ0v) is 12.4. The number of methoxy groups -OCH3 is 1. The zero-order chi connectivity index (χ0) is 16.9. The number of aromatic nitrogens is 3. The standard InChI is InChI=1S/C13H16F3N5O2/c1-23-6-2-4-17-12(22)18-8-11-20-19-10-7-9(13(14,15)16)3-5-21(10)11/h3,5,7H,2,4,6,8H2,1H3,(H2,17,18,22).